The molecule has 0 radical (unpaired) electrons. The van der Waals surface area contributed by atoms with Crippen LogP contribution in [0.3, 0.4) is 0 Å². The molecule has 19 heavy (non-hydrogen) atoms. The third kappa shape index (κ3) is 4.29. The van der Waals surface area contributed by atoms with Crippen LogP contribution in [0.4, 0.5) is 5.69 Å². The van der Waals surface area contributed by atoms with Crippen molar-refractivity contribution in [2.24, 2.45) is 0 Å². The molecule has 0 aromatic heterocycles. The fraction of sp³-hybridized carbons (Fsp3) is 0.294. The highest BCUT2D eigenvalue weighted by molar-refractivity contribution is 6.31. The Morgan fingerprint density at radius 2 is 1.84 bits per heavy atom. The molecule has 1 nitrogen and oxygen atoms in total. The van der Waals surface area contributed by atoms with Crippen LogP contribution in [0.5, 0.6) is 0 Å². The molecule has 0 aliphatic rings. The van der Waals surface area contributed by atoms with Gasteiger partial charge < -0.3 is 5.32 Å². The van der Waals surface area contributed by atoms with E-state index in [9.17, 15) is 0 Å². The minimum atomic E-state index is 0.430. The van der Waals surface area contributed by atoms with Crippen LogP contribution in [0.1, 0.15) is 24.5 Å². The second-order valence-corrected chi connectivity index (χ2v) is 5.44. The van der Waals surface area contributed by atoms with E-state index in [1.54, 1.807) is 0 Å². The summed E-state index contributed by atoms with van der Waals surface area (Å²) in [4.78, 5) is 0. The molecule has 0 aliphatic carbocycles. The van der Waals surface area contributed by atoms with Crippen molar-refractivity contribution in [1.29, 1.82) is 0 Å². The summed E-state index contributed by atoms with van der Waals surface area (Å²) in [6, 6.07) is 17.1. The Kier molecular flexibility index (Phi) is 4.86. The lowest BCUT2D eigenvalue weighted by molar-refractivity contribution is 0.706. The summed E-state index contributed by atoms with van der Waals surface area (Å²) >= 11 is 6.13. The molecule has 0 aliphatic heterocycles. The minimum absolute atomic E-state index is 0.430. The van der Waals surface area contributed by atoms with Crippen molar-refractivity contribution >= 4 is 17.3 Å². The van der Waals surface area contributed by atoms with Crippen molar-refractivity contribution in [2.45, 2.75) is 32.7 Å². The largest absolute Gasteiger partial charge is 0.383 e. The van der Waals surface area contributed by atoms with E-state index in [1.807, 2.05) is 13.0 Å². The summed E-state index contributed by atoms with van der Waals surface area (Å²) < 4.78 is 0. The molecule has 2 aromatic rings. The third-order valence-electron chi connectivity index (χ3n) is 3.29. The van der Waals surface area contributed by atoms with Gasteiger partial charge in [0.1, 0.15) is 0 Å². The van der Waals surface area contributed by atoms with Crippen molar-refractivity contribution in [3.8, 4) is 0 Å². The van der Waals surface area contributed by atoms with Gasteiger partial charge in [0.15, 0.2) is 0 Å². The Morgan fingerprint density at radius 1 is 1.11 bits per heavy atom. The van der Waals surface area contributed by atoms with Crippen LogP contribution in [0.25, 0.3) is 0 Å². The van der Waals surface area contributed by atoms with Crippen LogP contribution >= 0.6 is 11.6 Å². The fourth-order valence-electron chi connectivity index (χ4n) is 2.07. The summed E-state index contributed by atoms with van der Waals surface area (Å²) in [5, 5.41) is 4.32. The smallest absolute Gasteiger partial charge is 0.0455 e. The number of nitrogens with one attached hydrogen (secondary N) is 1. The number of benzene rings is 2. The lowest BCUT2D eigenvalue weighted by Crippen LogP contribution is -2.15. The molecule has 0 heterocycles. The molecule has 2 heteroatoms. The summed E-state index contributed by atoms with van der Waals surface area (Å²) in [5.74, 6) is 0. The highest BCUT2D eigenvalue weighted by Crippen LogP contribution is 2.21. The summed E-state index contributed by atoms with van der Waals surface area (Å²) in [5.41, 5.74) is 3.60. The van der Waals surface area contributed by atoms with Crippen molar-refractivity contribution < 1.29 is 0 Å². The van der Waals surface area contributed by atoms with Crippen molar-refractivity contribution in [3.05, 3.63) is 64.7 Å². The Morgan fingerprint density at radius 3 is 2.53 bits per heavy atom. The monoisotopic (exact) mass is 273 g/mol. The first-order chi connectivity index (χ1) is 9.15. The second-order valence-electron chi connectivity index (χ2n) is 5.03. The van der Waals surface area contributed by atoms with E-state index in [0.717, 1.165) is 29.1 Å². The normalized spacial score (nSPS) is 12.2. The van der Waals surface area contributed by atoms with Gasteiger partial charge >= 0.3 is 0 Å². The van der Waals surface area contributed by atoms with Gasteiger partial charge in [-0.25, -0.2) is 0 Å². The number of hydrogen-bond acceptors (Lipinski definition) is 1. The third-order valence-corrected chi connectivity index (χ3v) is 3.70. The zero-order valence-corrected chi connectivity index (χ0v) is 12.2. The van der Waals surface area contributed by atoms with Gasteiger partial charge in [-0.2, -0.15) is 0 Å². The maximum atomic E-state index is 6.13. The SMILES string of the molecule is Cc1ccc(NC(C)CCc2ccccc2)cc1Cl. The molecule has 0 fully saturated rings. The first-order valence-corrected chi connectivity index (χ1v) is 7.09. The topological polar surface area (TPSA) is 12.0 Å². The van der Waals surface area contributed by atoms with E-state index >= 15 is 0 Å². The van der Waals surface area contributed by atoms with Crippen LogP contribution in [0.15, 0.2) is 48.5 Å². The van der Waals surface area contributed by atoms with E-state index in [0.29, 0.717) is 6.04 Å². The van der Waals surface area contributed by atoms with E-state index in [2.05, 4.69) is 54.7 Å². The van der Waals surface area contributed by atoms with Crippen LogP contribution in [-0.2, 0) is 6.42 Å². The average molecular weight is 274 g/mol. The molecular formula is C17H20ClN. The Labute approximate surface area is 120 Å². The Bertz CT molecular complexity index is 522. The molecule has 1 atom stereocenters. The minimum Gasteiger partial charge on any atom is -0.383 e. The molecule has 0 saturated heterocycles. The van der Waals surface area contributed by atoms with Crippen molar-refractivity contribution in [3.63, 3.8) is 0 Å². The van der Waals surface area contributed by atoms with Gasteiger partial charge in [-0.05, 0) is 49.9 Å². The zero-order chi connectivity index (χ0) is 13.7. The van der Waals surface area contributed by atoms with Gasteiger partial charge in [-0.1, -0.05) is 48.0 Å². The van der Waals surface area contributed by atoms with Gasteiger partial charge in [0.2, 0.25) is 0 Å². The first kappa shape index (κ1) is 14.0. The van der Waals surface area contributed by atoms with E-state index < -0.39 is 0 Å². The summed E-state index contributed by atoms with van der Waals surface area (Å²) in [7, 11) is 0. The number of hydrogen-bond donors (Lipinski definition) is 1. The van der Waals surface area contributed by atoms with Gasteiger partial charge in [0.05, 0.1) is 0 Å². The average Bonchev–Trinajstić information content (AvgIpc) is 2.42. The summed E-state index contributed by atoms with van der Waals surface area (Å²) in [6.45, 7) is 4.22. The van der Waals surface area contributed by atoms with Crippen molar-refractivity contribution in [2.75, 3.05) is 5.32 Å². The highest BCUT2D eigenvalue weighted by atomic mass is 35.5. The maximum Gasteiger partial charge on any atom is 0.0455 e. The zero-order valence-electron chi connectivity index (χ0n) is 11.5. The van der Waals surface area contributed by atoms with E-state index in [4.69, 9.17) is 11.6 Å². The van der Waals surface area contributed by atoms with Crippen LogP contribution < -0.4 is 5.32 Å². The molecular weight excluding hydrogens is 254 g/mol. The van der Waals surface area contributed by atoms with E-state index in [-0.39, 0.29) is 0 Å². The molecule has 100 valence electrons. The van der Waals surface area contributed by atoms with Crippen LogP contribution in [-0.4, -0.2) is 6.04 Å². The van der Waals surface area contributed by atoms with Crippen LogP contribution in [0, 0.1) is 6.92 Å². The van der Waals surface area contributed by atoms with E-state index in [1.165, 1.54) is 5.56 Å². The van der Waals surface area contributed by atoms with Crippen molar-refractivity contribution in [1.82, 2.24) is 0 Å². The lowest BCUT2D eigenvalue weighted by Gasteiger charge is -2.16. The Balaban J connectivity index is 1.87. The maximum absolute atomic E-state index is 6.13. The van der Waals surface area contributed by atoms with Crippen LogP contribution in [0.2, 0.25) is 5.02 Å². The van der Waals surface area contributed by atoms with Gasteiger partial charge in [-0.15, -0.1) is 0 Å². The standard InChI is InChI=1S/C17H20ClN/c1-13-8-11-16(12-17(13)18)19-14(2)9-10-15-6-4-3-5-7-15/h3-8,11-12,14,19H,9-10H2,1-2H3. The van der Waals surface area contributed by atoms with Gasteiger partial charge in [0, 0.05) is 16.8 Å². The predicted molar refractivity (Wildman–Crippen MR) is 84.0 cm³/mol. The fourth-order valence-corrected chi connectivity index (χ4v) is 2.25. The second kappa shape index (κ2) is 6.63. The number of rotatable bonds is 5. The van der Waals surface area contributed by atoms with Gasteiger partial charge in [0.25, 0.3) is 0 Å². The molecule has 0 bridgehead atoms. The number of anilines is 1. The first-order valence-electron chi connectivity index (χ1n) is 6.72. The quantitative estimate of drug-likeness (QED) is 0.801. The predicted octanol–water partition coefficient (Wildman–Crippen LogP) is 5.08. The molecule has 0 saturated carbocycles. The molecule has 0 amide bonds. The molecule has 0 spiro atoms. The number of aryl methyl sites for hydroxylation is 2. The highest BCUT2D eigenvalue weighted by Gasteiger charge is 2.04. The molecule has 2 aromatic carbocycles. The lowest BCUT2D eigenvalue weighted by atomic mass is 10.1. The van der Waals surface area contributed by atoms with Gasteiger partial charge in [-0.3, -0.25) is 0 Å². The Hall–Kier alpha value is -1.47. The summed E-state index contributed by atoms with van der Waals surface area (Å²) in [6.07, 6.45) is 2.20. The molecule has 2 rings (SSSR count). The number of halogens is 1. The molecule has 1 unspecified atom stereocenters. The molecule has 1 N–H and O–H groups in total.